The lowest BCUT2D eigenvalue weighted by Gasteiger charge is -2.37. The molecule has 8 rings (SSSR count). The zero-order valence-electron chi connectivity index (χ0n) is 32.8. The van der Waals surface area contributed by atoms with Crippen molar-refractivity contribution in [1.82, 2.24) is 15.1 Å². The molecule has 4 aromatic carbocycles. The van der Waals surface area contributed by atoms with Crippen LogP contribution in [0.1, 0.15) is 66.2 Å². The highest BCUT2D eigenvalue weighted by Crippen LogP contribution is 2.52. The first kappa shape index (κ1) is 37.2. The largest absolute Gasteiger partial charge is 0.493 e. The van der Waals surface area contributed by atoms with Crippen molar-refractivity contribution in [2.45, 2.75) is 64.1 Å². The minimum absolute atomic E-state index is 0.117. The number of hydrogen-bond donors (Lipinski definition) is 2. The Kier molecular flexibility index (Phi) is 10.3. The predicted molar refractivity (Wildman–Crippen MR) is 210 cm³/mol. The monoisotopic (exact) mass is 736 g/mol. The number of likely N-dealkylation sites (N-methyl/N-ethyl adjacent to an activating group) is 2. The zero-order valence-corrected chi connectivity index (χ0v) is 32.8. The quantitative estimate of drug-likeness (QED) is 0.211. The lowest BCUT2D eigenvalue weighted by Crippen LogP contribution is -2.43. The highest BCUT2D eigenvalue weighted by molar-refractivity contribution is 5.91. The fourth-order valence-corrected chi connectivity index (χ4v) is 7.95. The van der Waals surface area contributed by atoms with Crippen molar-refractivity contribution in [3.05, 3.63) is 88.0 Å². The summed E-state index contributed by atoms with van der Waals surface area (Å²) in [6.07, 6.45) is 2.97. The first-order valence-corrected chi connectivity index (χ1v) is 18.5. The number of ether oxygens (including phenoxy) is 6. The fourth-order valence-electron chi connectivity index (χ4n) is 7.95. The molecule has 0 radical (unpaired) electrons. The predicted octanol–water partition coefficient (Wildman–Crippen LogP) is 8.08. The molecule has 0 aromatic heterocycles. The van der Waals surface area contributed by atoms with Crippen molar-refractivity contribution in [2.75, 3.05) is 60.9 Å². The Morgan fingerprint density at radius 3 is 2.02 bits per heavy atom. The summed E-state index contributed by atoms with van der Waals surface area (Å²) in [5, 5.41) is 6.14. The summed E-state index contributed by atoms with van der Waals surface area (Å²) >= 11 is 0. The number of fused-ring (bicyclic) bond motifs is 2. The smallest absolute Gasteiger partial charge is 0.319 e. The highest BCUT2D eigenvalue weighted by atomic mass is 16.5. The number of urea groups is 1. The van der Waals surface area contributed by atoms with Gasteiger partial charge in [0.2, 0.25) is 5.75 Å². The third-order valence-corrected chi connectivity index (χ3v) is 10.7. The number of nitrogens with zero attached hydrogens (tertiary/aromatic N) is 2. The van der Waals surface area contributed by atoms with Gasteiger partial charge in [-0.05, 0) is 125 Å². The maximum Gasteiger partial charge on any atom is 0.319 e. The van der Waals surface area contributed by atoms with Crippen molar-refractivity contribution >= 4 is 11.7 Å². The Labute approximate surface area is 318 Å². The molecular weight excluding hydrogens is 684 g/mol. The molecule has 2 amide bonds. The second-order valence-electron chi connectivity index (χ2n) is 15.5. The van der Waals surface area contributed by atoms with E-state index in [1.54, 1.807) is 28.4 Å². The molecule has 0 saturated carbocycles. The van der Waals surface area contributed by atoms with Gasteiger partial charge in [-0.3, -0.25) is 9.80 Å². The minimum Gasteiger partial charge on any atom is -0.493 e. The Balaban J connectivity index is 1.47. The van der Waals surface area contributed by atoms with E-state index in [9.17, 15) is 4.79 Å². The second kappa shape index (κ2) is 14.9. The zero-order chi connectivity index (χ0) is 38.3. The first-order valence-electron chi connectivity index (χ1n) is 18.5. The maximum absolute atomic E-state index is 13.4. The molecule has 2 N–H and O–H groups in total. The standard InChI is InChI=1S/C43H52N4O7/c1-43(2,3)45-42(48)44-31-24-35(50-7)36-22-28(31)19-33-39-27(15-17-47(33)5)21-38(51-8)40(52-9)41(39)54-37-23-30-26(20-34(37)49-6)14-16-46(4)32(30)18-25-10-12-29(53-36)13-11-25/h10-13,20-24,32-33H,14-19H2,1-9H3,(H2,44,45,48)/t32-,33-/m0/s1. The summed E-state index contributed by atoms with van der Waals surface area (Å²) in [6, 6.07) is 18.0. The van der Waals surface area contributed by atoms with Crippen LogP contribution in [0.5, 0.6) is 46.0 Å². The molecule has 4 aromatic rings. The Morgan fingerprint density at radius 1 is 0.722 bits per heavy atom. The average molecular weight is 737 g/mol. The summed E-state index contributed by atoms with van der Waals surface area (Å²) < 4.78 is 37.6. The molecule has 0 fully saturated rings. The van der Waals surface area contributed by atoms with E-state index in [2.05, 4.69) is 64.9 Å². The third kappa shape index (κ3) is 7.35. The summed E-state index contributed by atoms with van der Waals surface area (Å²) in [6.45, 7) is 7.56. The van der Waals surface area contributed by atoms with Crippen LogP contribution in [0.15, 0.2) is 54.6 Å². The van der Waals surface area contributed by atoms with Gasteiger partial charge in [0.05, 0.1) is 28.4 Å². The number of hydrogen-bond acceptors (Lipinski definition) is 9. The van der Waals surface area contributed by atoms with E-state index >= 15 is 0 Å². The van der Waals surface area contributed by atoms with Crippen LogP contribution in [0.25, 0.3) is 0 Å². The van der Waals surface area contributed by atoms with Crippen LogP contribution in [0.2, 0.25) is 0 Å². The van der Waals surface area contributed by atoms with E-state index in [1.165, 1.54) is 16.7 Å². The molecule has 4 aliphatic rings. The molecule has 2 atom stereocenters. The van der Waals surface area contributed by atoms with E-state index in [1.807, 2.05) is 45.0 Å². The molecule has 11 nitrogen and oxygen atoms in total. The fraction of sp³-hybridized carbons (Fsp3) is 0.419. The molecule has 6 bridgehead atoms. The van der Waals surface area contributed by atoms with Crippen molar-refractivity contribution in [3.8, 4) is 46.0 Å². The van der Waals surface area contributed by atoms with Gasteiger partial charge in [0.1, 0.15) is 5.75 Å². The Morgan fingerprint density at radius 2 is 1.35 bits per heavy atom. The molecule has 0 spiro atoms. The number of rotatable bonds is 5. The molecule has 11 heteroatoms. The summed E-state index contributed by atoms with van der Waals surface area (Å²) in [4.78, 5) is 18.1. The molecule has 4 aliphatic heterocycles. The Bertz CT molecular complexity index is 2040. The van der Waals surface area contributed by atoms with E-state index < -0.39 is 5.54 Å². The lowest BCUT2D eigenvalue weighted by molar-refractivity contribution is 0.220. The van der Waals surface area contributed by atoms with E-state index in [0.717, 1.165) is 49.0 Å². The van der Waals surface area contributed by atoms with E-state index in [-0.39, 0.29) is 18.1 Å². The van der Waals surface area contributed by atoms with Gasteiger partial charge in [0.25, 0.3) is 0 Å². The molecule has 0 aliphatic carbocycles. The minimum atomic E-state index is -0.441. The van der Waals surface area contributed by atoms with E-state index in [0.29, 0.717) is 58.1 Å². The molecule has 0 saturated heterocycles. The van der Waals surface area contributed by atoms with Gasteiger partial charge in [0.15, 0.2) is 34.5 Å². The lowest BCUT2D eigenvalue weighted by atomic mass is 9.86. The van der Waals surface area contributed by atoms with Crippen molar-refractivity contribution in [2.24, 2.45) is 0 Å². The number of carbonyl (C=O) groups excluding carboxylic acids is 1. The number of carbonyl (C=O) groups is 1. The van der Waals surface area contributed by atoms with Crippen LogP contribution in [0.4, 0.5) is 10.5 Å². The van der Waals surface area contributed by atoms with Gasteiger partial charge < -0.3 is 39.1 Å². The van der Waals surface area contributed by atoms with Crippen LogP contribution < -0.4 is 39.1 Å². The number of anilines is 1. The van der Waals surface area contributed by atoms with Gasteiger partial charge in [-0.15, -0.1) is 0 Å². The number of benzene rings is 4. The van der Waals surface area contributed by atoms with Gasteiger partial charge in [-0.25, -0.2) is 4.79 Å². The average Bonchev–Trinajstić information content (AvgIpc) is 3.13. The SMILES string of the molecule is COc1cc(NC(=O)NC(C)(C)C)c2cc1Oc1ccc(cc1)C[C@H]1c3cc(c(OC)cc3CCN1C)Oc1c(OC)c(OC)cc3c1[C@H](C2)N(C)CC3. The summed E-state index contributed by atoms with van der Waals surface area (Å²) in [5.41, 5.74) is 6.73. The van der Waals surface area contributed by atoms with Crippen LogP contribution in [0.3, 0.4) is 0 Å². The van der Waals surface area contributed by atoms with Crippen LogP contribution in [-0.2, 0) is 25.7 Å². The molecule has 54 heavy (non-hydrogen) atoms. The van der Waals surface area contributed by atoms with Gasteiger partial charge in [-0.1, -0.05) is 12.1 Å². The van der Waals surface area contributed by atoms with Gasteiger partial charge >= 0.3 is 6.03 Å². The maximum atomic E-state index is 13.4. The first-order chi connectivity index (χ1) is 25.9. The van der Waals surface area contributed by atoms with Crippen molar-refractivity contribution in [3.63, 3.8) is 0 Å². The summed E-state index contributed by atoms with van der Waals surface area (Å²) in [5.74, 6) is 4.66. The summed E-state index contributed by atoms with van der Waals surface area (Å²) in [7, 11) is 10.9. The van der Waals surface area contributed by atoms with E-state index in [4.69, 9.17) is 28.4 Å². The van der Waals surface area contributed by atoms with Crippen molar-refractivity contribution < 1.29 is 33.2 Å². The van der Waals surface area contributed by atoms with Crippen LogP contribution in [-0.4, -0.2) is 77.0 Å². The number of methoxy groups -OCH3 is 4. The number of amides is 2. The molecular formula is C43H52N4O7. The van der Waals surface area contributed by atoms with Crippen LogP contribution >= 0.6 is 0 Å². The molecule has 4 heterocycles. The molecule has 286 valence electrons. The number of nitrogens with one attached hydrogen (secondary N) is 2. The third-order valence-electron chi connectivity index (χ3n) is 10.7. The van der Waals surface area contributed by atoms with Gasteiger partial charge in [-0.2, -0.15) is 0 Å². The topological polar surface area (TPSA) is 103 Å². The second-order valence-corrected chi connectivity index (χ2v) is 15.5. The van der Waals surface area contributed by atoms with Gasteiger partial charge in [0, 0.05) is 48.0 Å². The highest BCUT2D eigenvalue weighted by Gasteiger charge is 2.35. The Hall–Kier alpha value is -5.13. The van der Waals surface area contributed by atoms with Crippen LogP contribution in [0, 0.1) is 0 Å². The normalized spacial score (nSPS) is 18.2. The van der Waals surface area contributed by atoms with Crippen molar-refractivity contribution in [1.29, 1.82) is 0 Å². The molecule has 0 unspecified atom stereocenters.